The fourth-order valence-corrected chi connectivity index (χ4v) is 4.04. The number of ketones is 1. The van der Waals surface area contributed by atoms with E-state index in [1.807, 2.05) is 32.6 Å². The van der Waals surface area contributed by atoms with Crippen LogP contribution in [0.1, 0.15) is 56.2 Å². The molecule has 1 aliphatic heterocycles. The highest BCUT2D eigenvalue weighted by molar-refractivity contribution is 5.95. The first-order valence-electron chi connectivity index (χ1n) is 10.8. The van der Waals surface area contributed by atoms with Crippen molar-refractivity contribution >= 4 is 11.7 Å². The van der Waals surface area contributed by atoms with Crippen molar-refractivity contribution in [3.63, 3.8) is 0 Å². The largest absolute Gasteiger partial charge is 0.395 e. The van der Waals surface area contributed by atoms with Crippen LogP contribution in [0.15, 0.2) is 29.5 Å². The molecule has 2 aromatic heterocycles. The molecule has 1 N–H and O–H groups in total. The van der Waals surface area contributed by atoms with Gasteiger partial charge in [-0.15, -0.1) is 0 Å². The van der Waals surface area contributed by atoms with Gasteiger partial charge in [-0.2, -0.15) is 0 Å². The van der Waals surface area contributed by atoms with Gasteiger partial charge in [-0.3, -0.25) is 14.4 Å². The highest BCUT2D eigenvalue weighted by Crippen LogP contribution is 2.26. The molecule has 0 spiro atoms. The predicted molar refractivity (Wildman–Crippen MR) is 117 cm³/mol. The number of Topliss-reactive ketones (excluding diaryl/α,β-unsaturated/α-hetero) is 1. The number of amides is 1. The molecule has 1 fully saturated rings. The maximum Gasteiger partial charge on any atom is 0.275 e. The second-order valence-corrected chi connectivity index (χ2v) is 9.57. The number of aliphatic hydroxyl groups excluding tert-OH is 1. The normalized spacial score (nSPS) is 16.7. The summed E-state index contributed by atoms with van der Waals surface area (Å²) in [6.07, 6.45) is 4.83. The molecule has 0 unspecified atom stereocenters. The van der Waals surface area contributed by atoms with E-state index in [0.717, 1.165) is 12.1 Å². The van der Waals surface area contributed by atoms with Gasteiger partial charge in [-0.25, -0.2) is 4.98 Å². The van der Waals surface area contributed by atoms with Crippen LogP contribution in [0.3, 0.4) is 0 Å². The van der Waals surface area contributed by atoms with E-state index in [1.165, 1.54) is 4.57 Å². The number of carbonyl (C=O) groups excluding carboxylic acids is 2. The van der Waals surface area contributed by atoms with E-state index in [0.29, 0.717) is 30.9 Å². The standard InChI is InChI=1S/C23H32N4O4/c1-16-13-26(15-24-16)19-6-5-18(27(9-10-28)22(19)31)20(29)11-17-7-8-25(14-17)21(30)12-23(2,3)4/h5-6,13,15,17,28H,7-12,14H2,1-4H3/t17-/m0/s1. The van der Waals surface area contributed by atoms with Gasteiger partial charge < -0.3 is 19.1 Å². The summed E-state index contributed by atoms with van der Waals surface area (Å²) in [4.78, 5) is 44.5. The van der Waals surface area contributed by atoms with Gasteiger partial charge in [-0.05, 0) is 36.8 Å². The number of hydrogen-bond donors (Lipinski definition) is 1. The molecule has 3 heterocycles. The third-order valence-corrected chi connectivity index (χ3v) is 5.55. The lowest BCUT2D eigenvalue weighted by Gasteiger charge is -2.23. The Balaban J connectivity index is 1.75. The molecule has 0 radical (unpaired) electrons. The third kappa shape index (κ3) is 5.50. The predicted octanol–water partition coefficient (Wildman–Crippen LogP) is 2.19. The van der Waals surface area contributed by atoms with E-state index in [-0.39, 0.29) is 48.2 Å². The molecule has 1 saturated heterocycles. The van der Waals surface area contributed by atoms with Crippen LogP contribution in [-0.2, 0) is 11.3 Å². The van der Waals surface area contributed by atoms with E-state index in [9.17, 15) is 19.5 Å². The van der Waals surface area contributed by atoms with E-state index < -0.39 is 0 Å². The molecule has 0 bridgehead atoms. The summed E-state index contributed by atoms with van der Waals surface area (Å²) in [6.45, 7) is 8.98. The minimum Gasteiger partial charge on any atom is -0.395 e. The van der Waals surface area contributed by atoms with Gasteiger partial charge in [-0.1, -0.05) is 20.8 Å². The van der Waals surface area contributed by atoms with Gasteiger partial charge in [0.15, 0.2) is 5.78 Å². The van der Waals surface area contributed by atoms with Gasteiger partial charge in [0.05, 0.1) is 24.3 Å². The van der Waals surface area contributed by atoms with Crippen molar-refractivity contribution in [1.29, 1.82) is 0 Å². The van der Waals surface area contributed by atoms with Crippen molar-refractivity contribution in [3.05, 3.63) is 46.4 Å². The smallest absolute Gasteiger partial charge is 0.275 e. The Morgan fingerprint density at radius 2 is 2.00 bits per heavy atom. The van der Waals surface area contributed by atoms with Crippen LogP contribution >= 0.6 is 0 Å². The van der Waals surface area contributed by atoms with E-state index in [4.69, 9.17) is 0 Å². The zero-order chi connectivity index (χ0) is 22.8. The zero-order valence-corrected chi connectivity index (χ0v) is 18.8. The number of pyridine rings is 1. The molecule has 1 aliphatic rings. The second kappa shape index (κ2) is 9.18. The molecule has 3 rings (SSSR count). The van der Waals surface area contributed by atoms with Crippen LogP contribution in [0.25, 0.3) is 5.69 Å². The van der Waals surface area contributed by atoms with E-state index in [1.54, 1.807) is 29.2 Å². The number of imidazole rings is 1. The number of aromatic nitrogens is 3. The lowest BCUT2D eigenvalue weighted by atomic mass is 9.91. The molecule has 0 aromatic carbocycles. The lowest BCUT2D eigenvalue weighted by Crippen LogP contribution is -2.32. The highest BCUT2D eigenvalue weighted by Gasteiger charge is 2.30. The molecule has 31 heavy (non-hydrogen) atoms. The summed E-state index contributed by atoms with van der Waals surface area (Å²) in [5.41, 5.74) is 1.04. The maximum absolute atomic E-state index is 13.0. The average molecular weight is 429 g/mol. The van der Waals surface area contributed by atoms with Crippen LogP contribution in [0, 0.1) is 18.3 Å². The Morgan fingerprint density at radius 3 is 2.61 bits per heavy atom. The Morgan fingerprint density at radius 1 is 1.26 bits per heavy atom. The van der Waals surface area contributed by atoms with Crippen LogP contribution in [0.5, 0.6) is 0 Å². The summed E-state index contributed by atoms with van der Waals surface area (Å²) < 4.78 is 2.96. The molecule has 8 heteroatoms. The fraction of sp³-hybridized carbons (Fsp3) is 0.565. The summed E-state index contributed by atoms with van der Waals surface area (Å²) in [5, 5.41) is 9.45. The summed E-state index contributed by atoms with van der Waals surface area (Å²) >= 11 is 0. The number of rotatable bonds is 7. The monoisotopic (exact) mass is 428 g/mol. The van der Waals surface area contributed by atoms with Crippen molar-refractivity contribution in [3.8, 4) is 5.69 Å². The minimum atomic E-state index is -0.342. The SMILES string of the molecule is Cc1cn(-c2ccc(C(=O)C[C@@H]3CCN(C(=O)CC(C)(C)C)C3)n(CCO)c2=O)cn1. The number of likely N-dealkylation sites (tertiary alicyclic amines) is 1. The fourth-order valence-electron chi connectivity index (χ4n) is 4.04. The molecule has 0 aliphatic carbocycles. The number of nitrogens with zero attached hydrogens (tertiary/aromatic N) is 4. The average Bonchev–Trinajstić information content (AvgIpc) is 3.31. The molecular formula is C23H32N4O4. The number of carbonyl (C=O) groups is 2. The summed E-state index contributed by atoms with van der Waals surface area (Å²) in [7, 11) is 0. The van der Waals surface area contributed by atoms with Gasteiger partial charge in [0.25, 0.3) is 5.56 Å². The molecule has 2 aromatic rings. The first-order valence-corrected chi connectivity index (χ1v) is 10.8. The zero-order valence-electron chi connectivity index (χ0n) is 18.8. The maximum atomic E-state index is 13.0. The first kappa shape index (κ1) is 22.9. The van der Waals surface area contributed by atoms with Crippen molar-refractivity contribution in [2.75, 3.05) is 19.7 Å². The van der Waals surface area contributed by atoms with Gasteiger partial charge in [0, 0.05) is 38.7 Å². The van der Waals surface area contributed by atoms with Crippen molar-refractivity contribution in [2.24, 2.45) is 11.3 Å². The third-order valence-electron chi connectivity index (χ3n) is 5.55. The van der Waals surface area contributed by atoms with Gasteiger partial charge in [0.2, 0.25) is 5.91 Å². The molecule has 168 valence electrons. The van der Waals surface area contributed by atoms with Crippen molar-refractivity contribution < 1.29 is 14.7 Å². The molecule has 0 saturated carbocycles. The second-order valence-electron chi connectivity index (χ2n) is 9.57. The topological polar surface area (TPSA) is 97.4 Å². The van der Waals surface area contributed by atoms with Crippen LogP contribution in [0.4, 0.5) is 0 Å². The van der Waals surface area contributed by atoms with Gasteiger partial charge >= 0.3 is 0 Å². The molecule has 1 amide bonds. The molecule has 8 nitrogen and oxygen atoms in total. The number of aliphatic hydroxyl groups is 1. The Hall–Kier alpha value is -2.74. The quantitative estimate of drug-likeness (QED) is 0.682. The highest BCUT2D eigenvalue weighted by atomic mass is 16.3. The van der Waals surface area contributed by atoms with Crippen molar-refractivity contribution in [1.82, 2.24) is 19.0 Å². The Labute approximate surface area is 182 Å². The number of hydrogen-bond acceptors (Lipinski definition) is 5. The van der Waals surface area contributed by atoms with Crippen LogP contribution in [-0.4, -0.2) is 55.5 Å². The van der Waals surface area contributed by atoms with Gasteiger partial charge in [0.1, 0.15) is 5.69 Å². The Bertz CT molecular complexity index is 1020. The summed E-state index contributed by atoms with van der Waals surface area (Å²) in [5.74, 6) is 0.0544. The minimum absolute atomic E-state index is 0.0439. The van der Waals surface area contributed by atoms with E-state index in [2.05, 4.69) is 4.98 Å². The summed E-state index contributed by atoms with van der Waals surface area (Å²) in [6, 6.07) is 3.26. The number of aryl methyl sites for hydroxylation is 1. The van der Waals surface area contributed by atoms with Crippen LogP contribution < -0.4 is 5.56 Å². The van der Waals surface area contributed by atoms with Crippen LogP contribution in [0.2, 0.25) is 0 Å². The Kier molecular flexibility index (Phi) is 6.79. The van der Waals surface area contributed by atoms with Crippen molar-refractivity contribution in [2.45, 2.75) is 53.5 Å². The molecular weight excluding hydrogens is 396 g/mol. The molecule has 1 atom stereocenters. The lowest BCUT2D eigenvalue weighted by molar-refractivity contribution is -0.132. The van der Waals surface area contributed by atoms with E-state index >= 15 is 0 Å². The first-order chi connectivity index (χ1) is 14.6.